The summed E-state index contributed by atoms with van der Waals surface area (Å²) in [5.41, 5.74) is 0. The summed E-state index contributed by atoms with van der Waals surface area (Å²) in [5.74, 6) is 1.77. The van der Waals surface area contributed by atoms with Crippen LogP contribution in [0.15, 0.2) is 34.9 Å². The molecular formula is C16H21N3O4. The zero-order chi connectivity index (χ0) is 16.2. The highest BCUT2D eigenvalue weighted by Gasteiger charge is 2.36. The fraction of sp³-hybridized carbons (Fsp3) is 0.500. The predicted molar refractivity (Wildman–Crippen MR) is 81.9 cm³/mol. The zero-order valence-electron chi connectivity index (χ0n) is 13.0. The average molecular weight is 319 g/mol. The Kier molecular flexibility index (Phi) is 4.90. The van der Waals surface area contributed by atoms with Crippen molar-refractivity contribution in [1.29, 1.82) is 0 Å². The molecular weight excluding hydrogens is 298 g/mol. The highest BCUT2D eigenvalue weighted by molar-refractivity contribution is 5.20. The van der Waals surface area contributed by atoms with Crippen LogP contribution in [0.1, 0.15) is 24.2 Å². The number of ether oxygens (including phenoxy) is 1. The summed E-state index contributed by atoms with van der Waals surface area (Å²) in [6.45, 7) is 2.78. The SMILES string of the molecule is Cc1noc([C@H]2C[C@@H](O)CN2CC(O)COc2ccccc2)n1. The monoisotopic (exact) mass is 319 g/mol. The molecule has 0 aliphatic carbocycles. The largest absolute Gasteiger partial charge is 0.491 e. The number of hydrogen-bond donors (Lipinski definition) is 2. The van der Waals surface area contributed by atoms with E-state index in [1.165, 1.54) is 0 Å². The molecule has 2 N–H and O–H groups in total. The summed E-state index contributed by atoms with van der Waals surface area (Å²) in [4.78, 5) is 6.19. The maximum absolute atomic E-state index is 10.2. The zero-order valence-corrected chi connectivity index (χ0v) is 13.0. The van der Waals surface area contributed by atoms with Crippen LogP contribution in [0.2, 0.25) is 0 Å². The molecule has 124 valence electrons. The van der Waals surface area contributed by atoms with Crippen molar-refractivity contribution in [3.05, 3.63) is 42.0 Å². The van der Waals surface area contributed by atoms with Crippen LogP contribution in [0.25, 0.3) is 0 Å². The Balaban J connectivity index is 1.56. The smallest absolute Gasteiger partial charge is 0.244 e. The fourth-order valence-corrected chi connectivity index (χ4v) is 2.82. The first-order chi connectivity index (χ1) is 11.1. The molecule has 0 radical (unpaired) electrons. The maximum Gasteiger partial charge on any atom is 0.244 e. The molecule has 1 aliphatic heterocycles. The number of nitrogens with zero attached hydrogens (tertiary/aromatic N) is 3. The molecule has 1 aliphatic rings. The van der Waals surface area contributed by atoms with Gasteiger partial charge in [0.05, 0.1) is 12.1 Å². The molecule has 1 saturated heterocycles. The number of rotatable bonds is 6. The minimum absolute atomic E-state index is 0.169. The molecule has 2 heterocycles. The molecule has 3 rings (SSSR count). The number of aliphatic hydroxyl groups excluding tert-OH is 2. The Morgan fingerprint density at radius 3 is 2.87 bits per heavy atom. The maximum atomic E-state index is 10.2. The first-order valence-electron chi connectivity index (χ1n) is 7.70. The van der Waals surface area contributed by atoms with Crippen LogP contribution in [0.5, 0.6) is 5.75 Å². The molecule has 23 heavy (non-hydrogen) atoms. The molecule has 1 fully saturated rings. The molecule has 0 bridgehead atoms. The van der Waals surface area contributed by atoms with Crippen LogP contribution < -0.4 is 4.74 Å². The van der Waals surface area contributed by atoms with Crippen molar-refractivity contribution in [2.45, 2.75) is 31.6 Å². The van der Waals surface area contributed by atoms with E-state index < -0.39 is 12.2 Å². The average Bonchev–Trinajstić information content (AvgIpc) is 3.12. The van der Waals surface area contributed by atoms with Gasteiger partial charge in [-0.1, -0.05) is 23.4 Å². The Labute approximate surface area is 134 Å². The van der Waals surface area contributed by atoms with E-state index in [1.807, 2.05) is 35.2 Å². The van der Waals surface area contributed by atoms with Gasteiger partial charge in [-0.3, -0.25) is 4.90 Å². The number of likely N-dealkylation sites (tertiary alicyclic amines) is 1. The third-order valence-corrected chi connectivity index (χ3v) is 3.84. The van der Waals surface area contributed by atoms with Crippen molar-refractivity contribution in [2.24, 2.45) is 0 Å². The molecule has 2 aromatic rings. The van der Waals surface area contributed by atoms with Crippen LogP contribution in [0, 0.1) is 6.92 Å². The summed E-state index contributed by atoms with van der Waals surface area (Å²) in [5, 5.41) is 23.9. The third kappa shape index (κ3) is 4.07. The number of aliphatic hydroxyl groups is 2. The van der Waals surface area contributed by atoms with E-state index in [1.54, 1.807) is 6.92 Å². The van der Waals surface area contributed by atoms with Gasteiger partial charge in [-0.2, -0.15) is 4.98 Å². The number of para-hydroxylation sites is 1. The van der Waals surface area contributed by atoms with Crippen LogP contribution in [-0.2, 0) is 0 Å². The van der Waals surface area contributed by atoms with Gasteiger partial charge in [0.15, 0.2) is 5.82 Å². The Morgan fingerprint density at radius 2 is 2.17 bits per heavy atom. The van der Waals surface area contributed by atoms with E-state index >= 15 is 0 Å². The lowest BCUT2D eigenvalue weighted by atomic mass is 10.2. The number of aromatic nitrogens is 2. The Hall–Kier alpha value is -1.96. The highest BCUT2D eigenvalue weighted by atomic mass is 16.5. The predicted octanol–water partition coefficient (Wildman–Crippen LogP) is 0.926. The summed E-state index contributed by atoms with van der Waals surface area (Å²) in [7, 11) is 0. The molecule has 1 aromatic heterocycles. The van der Waals surface area contributed by atoms with E-state index in [4.69, 9.17) is 9.26 Å². The van der Waals surface area contributed by atoms with E-state index in [9.17, 15) is 10.2 Å². The summed E-state index contributed by atoms with van der Waals surface area (Å²) in [6, 6.07) is 9.19. The first kappa shape index (κ1) is 15.9. The van der Waals surface area contributed by atoms with Crippen LogP contribution >= 0.6 is 0 Å². The summed E-state index contributed by atoms with van der Waals surface area (Å²) in [6.07, 6.45) is -0.616. The number of β-amino-alcohol motifs (C(OH)–C–C–N with tert-alkyl or cyclic N) is 2. The van der Waals surface area contributed by atoms with Gasteiger partial charge in [0.1, 0.15) is 18.5 Å². The van der Waals surface area contributed by atoms with Crippen LogP contribution in [0.3, 0.4) is 0 Å². The Morgan fingerprint density at radius 1 is 1.39 bits per heavy atom. The van der Waals surface area contributed by atoms with E-state index in [2.05, 4.69) is 10.1 Å². The van der Waals surface area contributed by atoms with Crippen LogP contribution in [0.4, 0.5) is 0 Å². The molecule has 3 atom stereocenters. The van der Waals surface area contributed by atoms with E-state index in [0.29, 0.717) is 31.2 Å². The molecule has 0 spiro atoms. The summed E-state index contributed by atoms with van der Waals surface area (Å²) >= 11 is 0. The fourth-order valence-electron chi connectivity index (χ4n) is 2.82. The highest BCUT2D eigenvalue weighted by Crippen LogP contribution is 2.31. The van der Waals surface area contributed by atoms with Crippen molar-refractivity contribution in [2.75, 3.05) is 19.7 Å². The topological polar surface area (TPSA) is 91.9 Å². The van der Waals surface area contributed by atoms with E-state index in [0.717, 1.165) is 5.75 Å². The molecule has 7 nitrogen and oxygen atoms in total. The van der Waals surface area contributed by atoms with Gasteiger partial charge in [-0.15, -0.1) is 0 Å². The van der Waals surface area contributed by atoms with Crippen molar-refractivity contribution in [3.63, 3.8) is 0 Å². The minimum atomic E-state index is -0.674. The van der Waals surface area contributed by atoms with Gasteiger partial charge in [-0.25, -0.2) is 0 Å². The van der Waals surface area contributed by atoms with Crippen molar-refractivity contribution < 1.29 is 19.5 Å². The van der Waals surface area contributed by atoms with Gasteiger partial charge < -0.3 is 19.5 Å². The van der Waals surface area contributed by atoms with E-state index in [-0.39, 0.29) is 12.6 Å². The molecule has 0 saturated carbocycles. The number of hydrogen-bond acceptors (Lipinski definition) is 7. The van der Waals surface area contributed by atoms with Gasteiger partial charge in [0.25, 0.3) is 0 Å². The lowest BCUT2D eigenvalue weighted by Gasteiger charge is -2.24. The van der Waals surface area contributed by atoms with Gasteiger partial charge in [0.2, 0.25) is 5.89 Å². The van der Waals surface area contributed by atoms with Gasteiger partial charge >= 0.3 is 0 Å². The molecule has 0 amide bonds. The third-order valence-electron chi connectivity index (χ3n) is 3.84. The Bertz CT molecular complexity index is 619. The molecule has 1 unspecified atom stereocenters. The minimum Gasteiger partial charge on any atom is -0.491 e. The van der Waals surface area contributed by atoms with Gasteiger partial charge in [0, 0.05) is 13.1 Å². The quantitative estimate of drug-likeness (QED) is 0.818. The van der Waals surface area contributed by atoms with Crippen molar-refractivity contribution in [1.82, 2.24) is 15.0 Å². The number of aryl methyl sites for hydroxylation is 1. The van der Waals surface area contributed by atoms with Gasteiger partial charge in [-0.05, 0) is 25.5 Å². The second kappa shape index (κ2) is 7.08. The van der Waals surface area contributed by atoms with Crippen molar-refractivity contribution >= 4 is 0 Å². The molecule has 7 heteroatoms. The standard InChI is InChI=1S/C16H21N3O4/c1-11-17-16(23-18-11)15-7-12(20)8-19(15)9-13(21)10-22-14-5-3-2-4-6-14/h2-6,12-13,15,20-21H,7-10H2,1H3/t12-,13?,15-/m1/s1. The second-order valence-electron chi connectivity index (χ2n) is 5.82. The normalized spacial score (nSPS) is 23.1. The number of benzene rings is 1. The molecule has 1 aromatic carbocycles. The second-order valence-corrected chi connectivity index (χ2v) is 5.82. The lowest BCUT2D eigenvalue weighted by molar-refractivity contribution is 0.0560. The first-order valence-corrected chi connectivity index (χ1v) is 7.70. The lowest BCUT2D eigenvalue weighted by Crippen LogP contribution is -2.36. The van der Waals surface area contributed by atoms with Crippen LogP contribution in [-0.4, -0.2) is 57.2 Å². The summed E-state index contributed by atoms with van der Waals surface area (Å²) < 4.78 is 10.8. The van der Waals surface area contributed by atoms with Crippen molar-refractivity contribution in [3.8, 4) is 5.75 Å².